The smallest absolute Gasteiger partial charge is 0.118 e. The van der Waals surface area contributed by atoms with Gasteiger partial charge < -0.3 is 9.73 Å². The molecule has 0 aromatic carbocycles. The van der Waals surface area contributed by atoms with Crippen LogP contribution in [0.2, 0.25) is 0 Å². The molecule has 1 atom stereocenters. The van der Waals surface area contributed by atoms with Crippen molar-refractivity contribution in [3.05, 3.63) is 23.7 Å². The standard InChI is InChI=1S/C13H22N2OS/c1-3-14-7-12-6-13(16-9-12)8-15-4-5-17-10-11(15)2/h6,9,11,14H,3-5,7-8,10H2,1-2H3. The minimum Gasteiger partial charge on any atom is -0.468 e. The van der Waals surface area contributed by atoms with Gasteiger partial charge in [-0.05, 0) is 19.5 Å². The van der Waals surface area contributed by atoms with Crippen LogP contribution < -0.4 is 5.32 Å². The van der Waals surface area contributed by atoms with Crippen LogP contribution in [0.25, 0.3) is 0 Å². The maximum atomic E-state index is 5.62. The Morgan fingerprint density at radius 1 is 1.59 bits per heavy atom. The first kappa shape index (κ1) is 13.0. The van der Waals surface area contributed by atoms with Crippen molar-refractivity contribution >= 4 is 11.8 Å². The fourth-order valence-corrected chi connectivity index (χ4v) is 3.15. The molecule has 1 N–H and O–H groups in total. The van der Waals surface area contributed by atoms with Gasteiger partial charge in [0.25, 0.3) is 0 Å². The fourth-order valence-electron chi connectivity index (χ4n) is 2.07. The summed E-state index contributed by atoms with van der Waals surface area (Å²) in [4.78, 5) is 2.51. The van der Waals surface area contributed by atoms with Crippen LogP contribution in [0.4, 0.5) is 0 Å². The molecule has 4 heteroatoms. The molecule has 2 rings (SSSR count). The third-order valence-corrected chi connectivity index (χ3v) is 4.34. The summed E-state index contributed by atoms with van der Waals surface area (Å²) in [7, 11) is 0. The molecule has 1 fully saturated rings. The van der Waals surface area contributed by atoms with E-state index in [0.717, 1.165) is 25.4 Å². The summed E-state index contributed by atoms with van der Waals surface area (Å²) < 4.78 is 5.62. The molecule has 0 aliphatic carbocycles. The molecule has 2 heterocycles. The molecule has 0 spiro atoms. The van der Waals surface area contributed by atoms with E-state index in [1.807, 2.05) is 6.26 Å². The first-order valence-corrected chi connectivity index (χ1v) is 7.54. The normalized spacial score (nSPS) is 21.9. The van der Waals surface area contributed by atoms with Gasteiger partial charge in [-0.15, -0.1) is 0 Å². The molecule has 3 nitrogen and oxygen atoms in total. The molecular formula is C13H22N2OS. The zero-order valence-electron chi connectivity index (χ0n) is 10.7. The number of furan rings is 1. The van der Waals surface area contributed by atoms with Crippen LogP contribution in [0.5, 0.6) is 0 Å². The van der Waals surface area contributed by atoms with Crippen LogP contribution in [-0.4, -0.2) is 35.5 Å². The molecule has 0 radical (unpaired) electrons. The Kier molecular flexibility index (Phi) is 4.95. The van der Waals surface area contributed by atoms with Crippen molar-refractivity contribution in [2.45, 2.75) is 33.0 Å². The topological polar surface area (TPSA) is 28.4 Å². The van der Waals surface area contributed by atoms with Gasteiger partial charge in [0.15, 0.2) is 0 Å². The lowest BCUT2D eigenvalue weighted by atomic mass is 10.2. The van der Waals surface area contributed by atoms with Gasteiger partial charge in [0, 0.05) is 36.2 Å². The Morgan fingerprint density at radius 2 is 2.47 bits per heavy atom. The fraction of sp³-hybridized carbons (Fsp3) is 0.692. The van der Waals surface area contributed by atoms with E-state index in [4.69, 9.17) is 4.42 Å². The SMILES string of the molecule is CCNCc1coc(CN2CCSCC2C)c1. The predicted octanol–water partition coefficient (Wildman–Crippen LogP) is 2.33. The first-order chi connectivity index (χ1) is 8.29. The average molecular weight is 254 g/mol. The highest BCUT2D eigenvalue weighted by Gasteiger charge is 2.19. The molecule has 1 aliphatic heterocycles. The maximum Gasteiger partial charge on any atom is 0.118 e. The van der Waals surface area contributed by atoms with Crippen molar-refractivity contribution in [1.82, 2.24) is 10.2 Å². The highest BCUT2D eigenvalue weighted by molar-refractivity contribution is 7.99. The molecule has 1 aromatic rings. The Bertz CT molecular complexity index is 340. The number of thioether (sulfide) groups is 1. The van der Waals surface area contributed by atoms with Gasteiger partial charge in [-0.3, -0.25) is 4.90 Å². The van der Waals surface area contributed by atoms with E-state index in [1.165, 1.54) is 23.6 Å². The van der Waals surface area contributed by atoms with Crippen molar-refractivity contribution in [1.29, 1.82) is 0 Å². The monoisotopic (exact) mass is 254 g/mol. The van der Waals surface area contributed by atoms with E-state index in [1.54, 1.807) is 0 Å². The summed E-state index contributed by atoms with van der Waals surface area (Å²) in [6, 6.07) is 2.84. The molecule has 1 aliphatic rings. The van der Waals surface area contributed by atoms with Gasteiger partial charge in [-0.1, -0.05) is 6.92 Å². The van der Waals surface area contributed by atoms with Gasteiger partial charge in [0.1, 0.15) is 5.76 Å². The lowest BCUT2D eigenvalue weighted by Crippen LogP contribution is -2.39. The molecule has 0 amide bonds. The van der Waals surface area contributed by atoms with E-state index in [0.29, 0.717) is 6.04 Å². The van der Waals surface area contributed by atoms with Gasteiger partial charge in [-0.25, -0.2) is 0 Å². The largest absolute Gasteiger partial charge is 0.468 e. The zero-order valence-corrected chi connectivity index (χ0v) is 11.6. The molecule has 17 heavy (non-hydrogen) atoms. The Morgan fingerprint density at radius 3 is 3.24 bits per heavy atom. The van der Waals surface area contributed by atoms with E-state index in [-0.39, 0.29) is 0 Å². The Labute approximate surface area is 108 Å². The van der Waals surface area contributed by atoms with E-state index in [2.05, 4.69) is 41.9 Å². The minimum atomic E-state index is 0.663. The van der Waals surface area contributed by atoms with Crippen LogP contribution >= 0.6 is 11.8 Å². The van der Waals surface area contributed by atoms with E-state index < -0.39 is 0 Å². The highest BCUT2D eigenvalue weighted by atomic mass is 32.2. The van der Waals surface area contributed by atoms with Crippen molar-refractivity contribution in [3.63, 3.8) is 0 Å². The predicted molar refractivity (Wildman–Crippen MR) is 73.3 cm³/mol. The second-order valence-corrected chi connectivity index (χ2v) is 5.75. The Balaban J connectivity index is 1.87. The summed E-state index contributed by atoms with van der Waals surface area (Å²) in [5.74, 6) is 3.58. The van der Waals surface area contributed by atoms with Crippen LogP contribution in [0.15, 0.2) is 16.7 Å². The average Bonchev–Trinajstić information content (AvgIpc) is 2.77. The van der Waals surface area contributed by atoms with Crippen molar-refractivity contribution in [2.24, 2.45) is 0 Å². The summed E-state index contributed by atoms with van der Waals surface area (Å²) in [6.07, 6.45) is 1.88. The number of rotatable bonds is 5. The zero-order chi connectivity index (χ0) is 12.1. The second kappa shape index (κ2) is 6.47. The Hall–Kier alpha value is -0.450. The summed E-state index contributed by atoms with van der Waals surface area (Å²) in [6.45, 7) is 8.46. The van der Waals surface area contributed by atoms with Crippen LogP contribution in [0.1, 0.15) is 25.2 Å². The van der Waals surface area contributed by atoms with Crippen LogP contribution in [0.3, 0.4) is 0 Å². The number of hydrogen-bond acceptors (Lipinski definition) is 4. The molecule has 1 saturated heterocycles. The van der Waals surface area contributed by atoms with Crippen LogP contribution in [0, 0.1) is 0 Å². The van der Waals surface area contributed by atoms with Gasteiger partial charge in [0.05, 0.1) is 12.8 Å². The van der Waals surface area contributed by atoms with Gasteiger partial charge in [0.2, 0.25) is 0 Å². The summed E-state index contributed by atoms with van der Waals surface area (Å²) in [5.41, 5.74) is 1.25. The molecular weight excluding hydrogens is 232 g/mol. The number of nitrogens with zero attached hydrogens (tertiary/aromatic N) is 1. The molecule has 1 unspecified atom stereocenters. The van der Waals surface area contributed by atoms with Crippen molar-refractivity contribution < 1.29 is 4.42 Å². The van der Waals surface area contributed by atoms with Gasteiger partial charge >= 0.3 is 0 Å². The van der Waals surface area contributed by atoms with E-state index in [9.17, 15) is 0 Å². The summed E-state index contributed by atoms with van der Waals surface area (Å²) >= 11 is 2.05. The van der Waals surface area contributed by atoms with Crippen molar-refractivity contribution in [2.75, 3.05) is 24.6 Å². The lowest BCUT2D eigenvalue weighted by molar-refractivity contribution is 0.206. The minimum absolute atomic E-state index is 0.663. The molecule has 96 valence electrons. The highest BCUT2D eigenvalue weighted by Crippen LogP contribution is 2.19. The van der Waals surface area contributed by atoms with Crippen molar-refractivity contribution in [3.8, 4) is 0 Å². The third kappa shape index (κ3) is 3.76. The van der Waals surface area contributed by atoms with Gasteiger partial charge in [-0.2, -0.15) is 11.8 Å². The number of hydrogen-bond donors (Lipinski definition) is 1. The molecule has 1 aromatic heterocycles. The number of nitrogens with one attached hydrogen (secondary N) is 1. The maximum absolute atomic E-state index is 5.62. The molecule has 0 bridgehead atoms. The summed E-state index contributed by atoms with van der Waals surface area (Å²) in [5, 5.41) is 3.31. The lowest BCUT2D eigenvalue weighted by Gasteiger charge is -2.32. The first-order valence-electron chi connectivity index (χ1n) is 6.38. The van der Waals surface area contributed by atoms with E-state index >= 15 is 0 Å². The third-order valence-electron chi connectivity index (χ3n) is 3.15. The second-order valence-electron chi connectivity index (χ2n) is 4.60. The quantitative estimate of drug-likeness (QED) is 0.873. The van der Waals surface area contributed by atoms with Crippen LogP contribution in [-0.2, 0) is 13.1 Å². The molecule has 0 saturated carbocycles.